The highest BCUT2D eigenvalue weighted by Crippen LogP contribution is 2.25. The van der Waals surface area contributed by atoms with Gasteiger partial charge in [0.25, 0.3) is 0 Å². The van der Waals surface area contributed by atoms with Crippen LogP contribution in [0.5, 0.6) is 0 Å². The van der Waals surface area contributed by atoms with Crippen LogP contribution < -0.4 is 0 Å². The second-order valence-corrected chi connectivity index (χ2v) is 2.93. The van der Waals surface area contributed by atoms with Crippen molar-refractivity contribution in [2.24, 2.45) is 0 Å². The van der Waals surface area contributed by atoms with E-state index in [2.05, 4.69) is 0 Å². The molecule has 1 N–H and O–H groups in total. The van der Waals surface area contributed by atoms with Crippen molar-refractivity contribution in [3.8, 4) is 0 Å². The smallest absolute Gasteiger partial charge is 0.193 e. The van der Waals surface area contributed by atoms with Gasteiger partial charge in [-0.15, -0.1) is 0 Å². The predicted octanol–water partition coefficient (Wildman–Crippen LogP) is 2.61. The fraction of sp³-hybridized carbons (Fsp3) is 0.111. The van der Waals surface area contributed by atoms with Gasteiger partial charge >= 0.3 is 0 Å². The molecule has 0 radical (unpaired) electrons. The van der Waals surface area contributed by atoms with Crippen molar-refractivity contribution < 1.29 is 13.9 Å². The fourth-order valence-corrected chi connectivity index (χ4v) is 1.21. The second kappa shape index (κ2) is 3.28. The lowest BCUT2D eigenvalue weighted by Gasteiger charge is -2.02. The summed E-state index contributed by atoms with van der Waals surface area (Å²) in [5.41, 5.74) is 0. The molecule has 0 saturated carbocycles. The van der Waals surface area contributed by atoms with Gasteiger partial charge in [-0.3, -0.25) is 0 Å². The molecule has 0 fully saturated rings. The summed E-state index contributed by atoms with van der Waals surface area (Å²) in [6.45, 7) is 0. The van der Waals surface area contributed by atoms with Crippen LogP contribution in [0.25, 0.3) is 0 Å². The van der Waals surface area contributed by atoms with Crippen LogP contribution in [-0.2, 0) is 0 Å². The number of rotatable bonds is 2. The first kappa shape index (κ1) is 8.41. The van der Waals surface area contributed by atoms with Gasteiger partial charge in [0, 0.05) is 0 Å². The van der Waals surface area contributed by atoms with E-state index in [1.54, 1.807) is 24.3 Å². The van der Waals surface area contributed by atoms with Crippen LogP contribution in [0.15, 0.2) is 39.4 Å². The lowest BCUT2D eigenvalue weighted by molar-refractivity contribution is 0.162. The molecule has 1 unspecified atom stereocenters. The summed E-state index contributed by atoms with van der Waals surface area (Å²) in [5, 5.41) is 9.90. The Labute approximate surface area is 79.5 Å². The highest BCUT2D eigenvalue weighted by atomic mass is 35.5. The van der Waals surface area contributed by atoms with Gasteiger partial charge in [-0.05, 0) is 35.9 Å². The molecule has 2 rings (SSSR count). The van der Waals surface area contributed by atoms with Crippen molar-refractivity contribution in [1.29, 1.82) is 0 Å². The van der Waals surface area contributed by atoms with Crippen LogP contribution in [0.3, 0.4) is 0 Å². The molecule has 2 heterocycles. The minimum atomic E-state index is -0.887. The zero-order valence-corrected chi connectivity index (χ0v) is 7.36. The van der Waals surface area contributed by atoms with Gasteiger partial charge < -0.3 is 13.9 Å². The number of furan rings is 2. The Morgan fingerprint density at radius 3 is 2.62 bits per heavy atom. The van der Waals surface area contributed by atoms with Crippen LogP contribution in [0.2, 0.25) is 5.22 Å². The van der Waals surface area contributed by atoms with Crippen LogP contribution in [0.1, 0.15) is 17.6 Å². The third-order valence-corrected chi connectivity index (χ3v) is 1.88. The van der Waals surface area contributed by atoms with Crippen molar-refractivity contribution in [3.05, 3.63) is 47.3 Å². The van der Waals surface area contributed by atoms with Gasteiger partial charge in [-0.25, -0.2) is 0 Å². The van der Waals surface area contributed by atoms with Crippen LogP contribution in [0, 0.1) is 0 Å². The number of hydrogen-bond donors (Lipinski definition) is 1. The summed E-state index contributed by atoms with van der Waals surface area (Å²) in [6, 6.07) is 6.54. The van der Waals surface area contributed by atoms with E-state index >= 15 is 0 Å². The molecule has 0 aliphatic rings. The molecule has 0 saturated heterocycles. The standard InChI is InChI=1S/C9H7ClO3/c10-8-4-3-7(13-8)9(11)6-2-1-5-12-6/h1-5,9,11H. The molecule has 3 nitrogen and oxygen atoms in total. The largest absolute Gasteiger partial charge is 0.466 e. The number of aliphatic hydroxyl groups excluding tert-OH is 1. The molecule has 68 valence electrons. The highest BCUT2D eigenvalue weighted by Gasteiger charge is 2.16. The van der Waals surface area contributed by atoms with E-state index in [9.17, 15) is 5.11 Å². The maximum atomic E-state index is 9.65. The average molecular weight is 199 g/mol. The Kier molecular flexibility index (Phi) is 2.12. The lowest BCUT2D eigenvalue weighted by atomic mass is 10.2. The Balaban J connectivity index is 2.28. The van der Waals surface area contributed by atoms with E-state index in [-0.39, 0.29) is 5.22 Å². The van der Waals surface area contributed by atoms with Gasteiger partial charge in [0.2, 0.25) is 0 Å². The summed E-state index contributed by atoms with van der Waals surface area (Å²) in [4.78, 5) is 0. The van der Waals surface area contributed by atoms with Crippen molar-refractivity contribution in [2.45, 2.75) is 6.10 Å². The topological polar surface area (TPSA) is 46.5 Å². The maximum absolute atomic E-state index is 9.65. The first-order valence-corrected chi connectivity index (χ1v) is 4.12. The number of hydrogen-bond acceptors (Lipinski definition) is 3. The summed E-state index contributed by atoms with van der Waals surface area (Å²) < 4.78 is 10.0. The highest BCUT2D eigenvalue weighted by molar-refractivity contribution is 6.28. The quantitative estimate of drug-likeness (QED) is 0.807. The summed E-state index contributed by atoms with van der Waals surface area (Å²) in [6.07, 6.45) is 0.603. The Hall–Kier alpha value is -1.19. The fourth-order valence-electron chi connectivity index (χ4n) is 1.06. The molecule has 13 heavy (non-hydrogen) atoms. The zero-order chi connectivity index (χ0) is 9.26. The van der Waals surface area contributed by atoms with E-state index in [1.807, 2.05) is 0 Å². The molecule has 4 heteroatoms. The van der Waals surface area contributed by atoms with E-state index in [0.717, 1.165) is 0 Å². The summed E-state index contributed by atoms with van der Waals surface area (Å²) in [5.74, 6) is 0.811. The SMILES string of the molecule is OC(c1ccco1)c1ccc(Cl)o1. The van der Waals surface area contributed by atoms with E-state index < -0.39 is 6.10 Å². The van der Waals surface area contributed by atoms with Crippen molar-refractivity contribution in [2.75, 3.05) is 0 Å². The van der Waals surface area contributed by atoms with Crippen molar-refractivity contribution >= 4 is 11.6 Å². The zero-order valence-electron chi connectivity index (χ0n) is 6.61. The lowest BCUT2D eigenvalue weighted by Crippen LogP contribution is -1.94. The van der Waals surface area contributed by atoms with Gasteiger partial charge in [0.05, 0.1) is 6.26 Å². The first-order valence-electron chi connectivity index (χ1n) is 3.74. The Morgan fingerprint density at radius 2 is 2.08 bits per heavy atom. The van der Waals surface area contributed by atoms with E-state index in [1.165, 1.54) is 6.26 Å². The molecule has 0 aliphatic heterocycles. The minimum Gasteiger partial charge on any atom is -0.466 e. The molecule has 0 aliphatic carbocycles. The van der Waals surface area contributed by atoms with Crippen LogP contribution in [-0.4, -0.2) is 5.11 Å². The third-order valence-electron chi connectivity index (χ3n) is 1.68. The normalized spacial score (nSPS) is 13.1. The van der Waals surface area contributed by atoms with Gasteiger partial charge in [-0.1, -0.05) is 0 Å². The average Bonchev–Trinajstić information content (AvgIpc) is 2.72. The molecular formula is C9H7ClO3. The predicted molar refractivity (Wildman–Crippen MR) is 46.5 cm³/mol. The third kappa shape index (κ3) is 1.61. The molecule has 2 aromatic rings. The minimum absolute atomic E-state index is 0.251. The molecular weight excluding hydrogens is 192 g/mol. The second-order valence-electron chi connectivity index (χ2n) is 2.56. The van der Waals surface area contributed by atoms with Crippen LogP contribution in [0.4, 0.5) is 0 Å². The monoisotopic (exact) mass is 198 g/mol. The van der Waals surface area contributed by atoms with Gasteiger partial charge in [0.1, 0.15) is 11.5 Å². The number of halogens is 1. The van der Waals surface area contributed by atoms with Gasteiger partial charge in [0.15, 0.2) is 11.3 Å². The maximum Gasteiger partial charge on any atom is 0.193 e. The first-order chi connectivity index (χ1) is 6.27. The molecule has 0 amide bonds. The molecule has 1 atom stereocenters. The molecule has 2 aromatic heterocycles. The van der Waals surface area contributed by atoms with E-state index in [4.69, 9.17) is 20.4 Å². The Bertz CT molecular complexity index is 377. The molecule has 0 bridgehead atoms. The van der Waals surface area contributed by atoms with Crippen molar-refractivity contribution in [3.63, 3.8) is 0 Å². The number of aliphatic hydroxyl groups is 1. The summed E-state index contributed by atoms with van der Waals surface area (Å²) in [7, 11) is 0. The van der Waals surface area contributed by atoms with E-state index in [0.29, 0.717) is 11.5 Å². The van der Waals surface area contributed by atoms with Crippen molar-refractivity contribution in [1.82, 2.24) is 0 Å². The Morgan fingerprint density at radius 1 is 1.23 bits per heavy atom. The van der Waals surface area contributed by atoms with Crippen LogP contribution >= 0.6 is 11.6 Å². The van der Waals surface area contributed by atoms with Gasteiger partial charge in [-0.2, -0.15) is 0 Å². The molecule has 0 spiro atoms. The summed E-state index contributed by atoms with van der Waals surface area (Å²) >= 11 is 5.56. The molecule has 0 aromatic carbocycles.